The number of anilines is 2. The maximum atomic E-state index is 13.2. The fourth-order valence-corrected chi connectivity index (χ4v) is 5.90. The SMILES string of the molecule is CC(C)(C)OC(=O)N1CCC(OC(=O)N2CCc3ncc(-c4ccc5nc(NC(=O)C6CC6)sc5c4)cc32)CC1. The highest BCUT2D eigenvalue weighted by Crippen LogP contribution is 2.36. The molecule has 3 aromatic rings. The molecule has 10 nitrogen and oxygen atoms in total. The Balaban J connectivity index is 1.11. The molecule has 4 heterocycles. The number of piperidine rings is 1. The van der Waals surface area contributed by atoms with Crippen LogP contribution >= 0.6 is 11.3 Å². The summed E-state index contributed by atoms with van der Waals surface area (Å²) in [6.07, 6.45) is 4.56. The molecule has 40 heavy (non-hydrogen) atoms. The van der Waals surface area contributed by atoms with Gasteiger partial charge in [0.2, 0.25) is 5.91 Å². The summed E-state index contributed by atoms with van der Waals surface area (Å²) >= 11 is 1.45. The molecule has 0 bridgehead atoms. The minimum absolute atomic E-state index is 0.0441. The van der Waals surface area contributed by atoms with Gasteiger partial charge < -0.3 is 19.7 Å². The number of thiazole rings is 1. The Morgan fingerprint density at radius 3 is 2.50 bits per heavy atom. The Bertz CT molecular complexity index is 1470. The van der Waals surface area contributed by atoms with E-state index in [0.29, 0.717) is 44.0 Å². The van der Waals surface area contributed by atoms with Crippen molar-refractivity contribution in [1.29, 1.82) is 0 Å². The Morgan fingerprint density at radius 2 is 1.77 bits per heavy atom. The summed E-state index contributed by atoms with van der Waals surface area (Å²) in [5.74, 6) is 0.169. The number of ether oxygens (including phenoxy) is 2. The molecule has 1 N–H and O–H groups in total. The highest BCUT2D eigenvalue weighted by molar-refractivity contribution is 7.22. The number of pyridine rings is 1. The summed E-state index contributed by atoms with van der Waals surface area (Å²) in [5.41, 5.74) is 3.76. The number of hydrogen-bond acceptors (Lipinski definition) is 8. The number of likely N-dealkylation sites (tertiary alicyclic amines) is 1. The van der Waals surface area contributed by atoms with Crippen LogP contribution in [0.4, 0.5) is 20.4 Å². The number of carbonyl (C=O) groups excluding carboxylic acids is 3. The molecule has 2 aliphatic heterocycles. The molecular weight excluding hydrogens is 530 g/mol. The van der Waals surface area contributed by atoms with Gasteiger partial charge in [-0.15, -0.1) is 0 Å². The molecule has 11 heteroatoms. The predicted molar refractivity (Wildman–Crippen MR) is 153 cm³/mol. The number of fused-ring (bicyclic) bond motifs is 2. The van der Waals surface area contributed by atoms with Crippen LogP contribution in [0.25, 0.3) is 21.3 Å². The lowest BCUT2D eigenvalue weighted by atomic mass is 10.1. The number of nitrogens with one attached hydrogen (secondary N) is 1. The molecule has 3 amide bonds. The van der Waals surface area contributed by atoms with Gasteiger partial charge in [0.25, 0.3) is 0 Å². The first kappa shape index (κ1) is 26.5. The maximum absolute atomic E-state index is 13.2. The van der Waals surface area contributed by atoms with Crippen LogP contribution in [0.5, 0.6) is 0 Å². The molecule has 1 saturated heterocycles. The lowest BCUT2D eigenvalue weighted by Gasteiger charge is -2.33. The van der Waals surface area contributed by atoms with Gasteiger partial charge in [-0.05, 0) is 57.4 Å². The first-order valence-electron chi connectivity index (χ1n) is 13.8. The maximum Gasteiger partial charge on any atom is 0.414 e. The van der Waals surface area contributed by atoms with Gasteiger partial charge in [-0.3, -0.25) is 14.7 Å². The van der Waals surface area contributed by atoms with Gasteiger partial charge in [-0.1, -0.05) is 17.4 Å². The summed E-state index contributed by atoms with van der Waals surface area (Å²) in [6.45, 7) is 7.03. The number of benzene rings is 1. The number of amides is 3. The molecule has 210 valence electrons. The Labute approximate surface area is 236 Å². The van der Waals surface area contributed by atoms with E-state index in [2.05, 4.69) is 15.3 Å². The van der Waals surface area contributed by atoms with Crippen molar-refractivity contribution in [1.82, 2.24) is 14.9 Å². The topological polar surface area (TPSA) is 114 Å². The quantitative estimate of drug-likeness (QED) is 0.439. The van der Waals surface area contributed by atoms with E-state index in [1.54, 1.807) is 9.80 Å². The van der Waals surface area contributed by atoms with E-state index >= 15 is 0 Å². The predicted octanol–water partition coefficient (Wildman–Crippen LogP) is 5.61. The van der Waals surface area contributed by atoms with E-state index < -0.39 is 5.60 Å². The molecule has 1 aliphatic carbocycles. The van der Waals surface area contributed by atoms with Gasteiger partial charge in [0.05, 0.1) is 21.6 Å². The highest BCUT2D eigenvalue weighted by atomic mass is 32.1. The second-order valence-electron chi connectivity index (χ2n) is 11.6. The molecule has 0 radical (unpaired) electrons. The minimum atomic E-state index is -0.543. The molecule has 2 aromatic heterocycles. The monoisotopic (exact) mass is 563 g/mol. The number of nitrogens with zero attached hydrogens (tertiary/aromatic N) is 4. The molecule has 2 fully saturated rings. The Hall–Kier alpha value is -3.73. The average molecular weight is 564 g/mol. The fourth-order valence-electron chi connectivity index (χ4n) is 4.99. The zero-order chi connectivity index (χ0) is 28.0. The van der Waals surface area contributed by atoms with Crippen LogP contribution in [0, 0.1) is 5.92 Å². The molecule has 6 rings (SSSR count). The highest BCUT2D eigenvalue weighted by Gasteiger charge is 2.33. The molecule has 0 atom stereocenters. The van der Waals surface area contributed by atoms with E-state index in [4.69, 9.17) is 9.47 Å². The van der Waals surface area contributed by atoms with E-state index in [-0.39, 0.29) is 30.1 Å². The fraction of sp³-hybridized carbons (Fsp3) is 0.483. The summed E-state index contributed by atoms with van der Waals surface area (Å²) in [5, 5.41) is 3.54. The number of carbonyl (C=O) groups is 3. The van der Waals surface area contributed by atoms with E-state index in [0.717, 1.165) is 45.6 Å². The van der Waals surface area contributed by atoms with Gasteiger partial charge in [-0.25, -0.2) is 14.6 Å². The van der Waals surface area contributed by atoms with Crippen LogP contribution in [-0.4, -0.2) is 64.3 Å². The molecule has 3 aliphatic rings. The molecular formula is C29H33N5O5S. The third-order valence-electron chi connectivity index (χ3n) is 7.29. The van der Waals surface area contributed by atoms with E-state index in [9.17, 15) is 14.4 Å². The van der Waals surface area contributed by atoms with Crippen LogP contribution < -0.4 is 10.2 Å². The summed E-state index contributed by atoms with van der Waals surface area (Å²) < 4.78 is 12.3. The minimum Gasteiger partial charge on any atom is -0.446 e. The summed E-state index contributed by atoms with van der Waals surface area (Å²) in [7, 11) is 0. The largest absolute Gasteiger partial charge is 0.446 e. The van der Waals surface area contributed by atoms with Gasteiger partial charge in [0, 0.05) is 56.6 Å². The normalized spacial score (nSPS) is 17.6. The Morgan fingerprint density at radius 1 is 1.00 bits per heavy atom. The lowest BCUT2D eigenvalue weighted by molar-refractivity contribution is -0.117. The van der Waals surface area contributed by atoms with Crippen molar-refractivity contribution in [3.63, 3.8) is 0 Å². The van der Waals surface area contributed by atoms with Crippen LogP contribution in [0.2, 0.25) is 0 Å². The van der Waals surface area contributed by atoms with E-state index in [1.807, 2.05) is 51.2 Å². The van der Waals surface area contributed by atoms with Crippen molar-refractivity contribution in [2.24, 2.45) is 5.92 Å². The van der Waals surface area contributed by atoms with Gasteiger partial charge in [0.1, 0.15) is 11.7 Å². The first-order chi connectivity index (χ1) is 19.1. The molecule has 1 saturated carbocycles. The van der Waals surface area contributed by atoms with Crippen LogP contribution in [0.1, 0.15) is 52.1 Å². The molecule has 0 unspecified atom stereocenters. The number of aromatic nitrogens is 2. The summed E-state index contributed by atoms with van der Waals surface area (Å²) in [6, 6.07) is 7.95. The lowest BCUT2D eigenvalue weighted by Crippen LogP contribution is -2.44. The Kier molecular flexibility index (Phi) is 6.85. The second-order valence-corrected chi connectivity index (χ2v) is 12.6. The third kappa shape index (κ3) is 5.74. The van der Waals surface area contributed by atoms with Crippen molar-refractivity contribution in [3.8, 4) is 11.1 Å². The standard InChI is InChI=1S/C29H33N5O5S/c1-29(2,3)39-27(36)33-11-8-20(9-12-33)38-28(37)34-13-10-21-23(34)14-19(16-30-21)18-6-7-22-24(15-18)40-26(31-22)32-25(35)17-4-5-17/h6-7,14-17,20H,4-5,8-13H2,1-3H3,(H,31,32,35). The average Bonchev–Trinajstić information content (AvgIpc) is 3.56. The zero-order valence-electron chi connectivity index (χ0n) is 22.9. The number of hydrogen-bond donors (Lipinski definition) is 1. The van der Waals surface area contributed by atoms with Crippen molar-refractivity contribution >= 4 is 50.5 Å². The van der Waals surface area contributed by atoms with Gasteiger partial charge in [-0.2, -0.15) is 0 Å². The molecule has 1 aromatic carbocycles. The first-order valence-corrected chi connectivity index (χ1v) is 14.6. The van der Waals surface area contributed by atoms with Crippen molar-refractivity contribution in [3.05, 3.63) is 36.2 Å². The van der Waals surface area contributed by atoms with Gasteiger partial charge >= 0.3 is 12.2 Å². The zero-order valence-corrected chi connectivity index (χ0v) is 23.8. The molecule has 0 spiro atoms. The summed E-state index contributed by atoms with van der Waals surface area (Å²) in [4.78, 5) is 50.2. The van der Waals surface area contributed by atoms with Crippen LogP contribution in [-0.2, 0) is 20.7 Å². The second kappa shape index (κ2) is 10.3. The smallest absolute Gasteiger partial charge is 0.414 e. The van der Waals surface area contributed by atoms with Crippen molar-refractivity contribution in [2.75, 3.05) is 29.9 Å². The third-order valence-corrected chi connectivity index (χ3v) is 8.23. The number of rotatable bonds is 4. The van der Waals surface area contributed by atoms with Crippen molar-refractivity contribution < 1.29 is 23.9 Å². The van der Waals surface area contributed by atoms with Crippen LogP contribution in [0.3, 0.4) is 0 Å². The van der Waals surface area contributed by atoms with Crippen molar-refractivity contribution in [2.45, 2.75) is 64.6 Å². The van der Waals surface area contributed by atoms with Gasteiger partial charge in [0.15, 0.2) is 5.13 Å². The van der Waals surface area contributed by atoms with E-state index in [1.165, 1.54) is 11.3 Å². The van der Waals surface area contributed by atoms with Crippen LogP contribution in [0.15, 0.2) is 30.5 Å².